The van der Waals surface area contributed by atoms with Crippen LogP contribution in [0.25, 0.3) is 0 Å². The van der Waals surface area contributed by atoms with Gasteiger partial charge in [-0.1, -0.05) is 13.2 Å². The van der Waals surface area contributed by atoms with Crippen molar-refractivity contribution in [2.45, 2.75) is 38.9 Å². The number of carbonyl (C=O) groups is 3. The maximum atomic E-state index is 11.2. The van der Waals surface area contributed by atoms with Gasteiger partial charge in [0, 0.05) is 12.2 Å². The molecule has 0 aromatic rings. The summed E-state index contributed by atoms with van der Waals surface area (Å²) in [6, 6.07) is 0. The summed E-state index contributed by atoms with van der Waals surface area (Å²) in [6.45, 7) is 12.0. The highest BCUT2D eigenvalue weighted by molar-refractivity contribution is 5.81. The minimum atomic E-state index is -1.46. The maximum absolute atomic E-state index is 11.2. The third-order valence-corrected chi connectivity index (χ3v) is 2.18. The quantitative estimate of drug-likeness (QED) is 0.214. The van der Waals surface area contributed by atoms with E-state index in [4.69, 9.17) is 19.2 Å². The van der Waals surface area contributed by atoms with Crippen LogP contribution in [0.3, 0.4) is 0 Å². The smallest absolute Gasteiger partial charge is 0.459 e. The van der Waals surface area contributed by atoms with E-state index in [2.05, 4.69) is 33.0 Å². The van der Waals surface area contributed by atoms with E-state index in [-0.39, 0.29) is 13.2 Å². The van der Waals surface area contributed by atoms with E-state index in [1.54, 1.807) is 0 Å². The lowest BCUT2D eigenvalue weighted by Crippen LogP contribution is -2.33. The molecule has 0 aliphatic heterocycles. The highest BCUT2D eigenvalue weighted by Crippen LogP contribution is 2.12. The summed E-state index contributed by atoms with van der Waals surface area (Å²) in [6.07, 6.45) is 0.493. The number of esters is 2. The Morgan fingerprint density at radius 2 is 1.12 bits per heavy atom. The molecule has 0 aromatic carbocycles. The molecule has 0 unspecified atom stereocenters. The van der Waals surface area contributed by atoms with Crippen LogP contribution >= 0.6 is 0 Å². The molecule has 0 aliphatic rings. The summed E-state index contributed by atoms with van der Waals surface area (Å²) < 4.78 is 9.49. The van der Waals surface area contributed by atoms with Crippen LogP contribution in [-0.2, 0) is 48.7 Å². The molecular weight excluding hydrogens is 356 g/mol. The second-order valence-corrected chi connectivity index (χ2v) is 5.86. The molecule has 0 spiro atoms. The lowest BCUT2D eigenvalue weighted by Gasteiger charge is -2.21. The van der Waals surface area contributed by atoms with Gasteiger partial charge >= 0.3 is 18.1 Å². The molecule has 0 aromatic heterocycles. The van der Waals surface area contributed by atoms with Crippen molar-refractivity contribution in [3.05, 3.63) is 25.3 Å². The second-order valence-electron chi connectivity index (χ2n) is 5.86. The van der Waals surface area contributed by atoms with Gasteiger partial charge in [-0.2, -0.15) is 14.6 Å². The van der Waals surface area contributed by atoms with Gasteiger partial charge in [0.15, 0.2) is 0 Å². The average Bonchev–Trinajstić information content (AvgIpc) is 2.57. The van der Waals surface area contributed by atoms with Crippen molar-refractivity contribution in [3.8, 4) is 0 Å². The van der Waals surface area contributed by atoms with Gasteiger partial charge in [0.25, 0.3) is 0 Å². The first-order valence-electron chi connectivity index (χ1n) is 7.18. The highest BCUT2D eigenvalue weighted by Gasteiger charge is 2.26. The van der Waals surface area contributed by atoms with Crippen LogP contribution in [0.15, 0.2) is 25.3 Å². The van der Waals surface area contributed by atoms with Crippen molar-refractivity contribution in [2.24, 2.45) is 0 Å². The van der Waals surface area contributed by atoms with Gasteiger partial charge in [-0.25, -0.2) is 19.4 Å². The van der Waals surface area contributed by atoms with Gasteiger partial charge in [-0.15, -0.1) is 0 Å². The Kier molecular flexibility index (Phi) is 10.1. The van der Waals surface area contributed by atoms with Crippen molar-refractivity contribution in [1.29, 1.82) is 0 Å². The molecule has 0 rings (SSSR count). The van der Waals surface area contributed by atoms with Crippen LogP contribution in [0.4, 0.5) is 4.79 Å². The number of hydrogen-bond donors (Lipinski definition) is 0. The second kappa shape index (κ2) is 11.2. The molecular formula is C15H22O11. The van der Waals surface area contributed by atoms with Gasteiger partial charge in [0.1, 0.15) is 24.4 Å². The van der Waals surface area contributed by atoms with E-state index in [1.807, 2.05) is 0 Å². The zero-order valence-electron chi connectivity index (χ0n) is 15.0. The Morgan fingerprint density at radius 1 is 0.769 bits per heavy atom. The molecule has 11 nitrogen and oxygen atoms in total. The number of hydrogen-bond acceptors (Lipinski definition) is 11. The van der Waals surface area contributed by atoms with Crippen molar-refractivity contribution in [1.82, 2.24) is 0 Å². The Bertz CT molecular complexity index is 466. The minimum absolute atomic E-state index is 0.201. The Morgan fingerprint density at radius 3 is 1.42 bits per heavy atom. The molecule has 0 amide bonds. The van der Waals surface area contributed by atoms with Crippen LogP contribution in [0.5, 0.6) is 0 Å². The molecule has 26 heavy (non-hydrogen) atoms. The summed E-state index contributed by atoms with van der Waals surface area (Å²) in [5.74, 6) is -1.32. The Labute approximate surface area is 150 Å². The molecule has 0 saturated carbocycles. The van der Waals surface area contributed by atoms with Crippen molar-refractivity contribution < 1.29 is 53.5 Å². The van der Waals surface area contributed by atoms with E-state index in [0.29, 0.717) is 0 Å². The number of rotatable bonds is 12. The van der Waals surface area contributed by atoms with Crippen LogP contribution in [0, 0.1) is 0 Å². The summed E-state index contributed by atoms with van der Waals surface area (Å²) >= 11 is 0. The van der Waals surface area contributed by atoms with Crippen molar-refractivity contribution >= 4 is 18.1 Å². The summed E-state index contributed by atoms with van der Waals surface area (Å²) in [5, 5.41) is 8.39. The molecule has 0 atom stereocenters. The van der Waals surface area contributed by atoms with E-state index in [9.17, 15) is 14.4 Å². The molecule has 0 fully saturated rings. The zero-order valence-corrected chi connectivity index (χ0v) is 15.0. The van der Waals surface area contributed by atoms with Gasteiger partial charge in [0.05, 0.1) is 0 Å². The normalized spacial score (nSPS) is 11.2. The third-order valence-electron chi connectivity index (χ3n) is 2.18. The molecule has 0 radical (unpaired) electrons. The van der Waals surface area contributed by atoms with Crippen LogP contribution < -0.4 is 0 Å². The Balaban J connectivity index is 3.98. The maximum Gasteiger partial charge on any atom is 0.577 e. The first kappa shape index (κ1) is 23.5. The standard InChI is InChI=1S/C15H22O11/c1-7-11(16)19-9-14(3,4)23-25-21-13(18)22-26-24-15(5,6)10-20-12(17)8-2/h7-8H,1-2,9-10H2,3-6H3. The van der Waals surface area contributed by atoms with Crippen LogP contribution in [0.2, 0.25) is 0 Å². The van der Waals surface area contributed by atoms with Crippen LogP contribution in [-0.4, -0.2) is 42.5 Å². The average molecular weight is 378 g/mol. The molecule has 0 heterocycles. The largest absolute Gasteiger partial charge is 0.577 e. The van der Waals surface area contributed by atoms with Gasteiger partial charge in [0.2, 0.25) is 0 Å². The Hall–Kier alpha value is -2.47. The zero-order chi connectivity index (χ0) is 20.2. The predicted molar refractivity (Wildman–Crippen MR) is 82.4 cm³/mol. The SMILES string of the molecule is C=CC(=O)OCC(C)(C)OOOC(=O)OOOC(C)(C)COC(=O)C=C. The van der Waals surface area contributed by atoms with Crippen LogP contribution in [0.1, 0.15) is 27.7 Å². The topological polar surface area (TPSA) is 125 Å². The molecule has 0 N–H and O–H groups in total. The molecule has 0 aliphatic carbocycles. The number of ether oxygens (including phenoxy) is 2. The first-order chi connectivity index (χ1) is 12.0. The summed E-state index contributed by atoms with van der Waals surface area (Å²) in [7, 11) is 0. The molecule has 11 heteroatoms. The summed E-state index contributed by atoms with van der Waals surface area (Å²) in [5.41, 5.74) is -2.26. The molecule has 0 bridgehead atoms. The van der Waals surface area contributed by atoms with Gasteiger partial charge in [-0.05, 0) is 37.8 Å². The fraction of sp³-hybridized carbons (Fsp3) is 0.533. The van der Waals surface area contributed by atoms with Gasteiger partial charge in [-0.3, -0.25) is 0 Å². The fourth-order valence-corrected chi connectivity index (χ4v) is 0.943. The lowest BCUT2D eigenvalue weighted by molar-refractivity contribution is -0.555. The van der Waals surface area contributed by atoms with E-state index < -0.39 is 29.3 Å². The molecule has 148 valence electrons. The summed E-state index contributed by atoms with van der Waals surface area (Å²) in [4.78, 5) is 50.7. The first-order valence-corrected chi connectivity index (χ1v) is 7.18. The fourth-order valence-electron chi connectivity index (χ4n) is 0.943. The monoisotopic (exact) mass is 378 g/mol. The number of carbonyl (C=O) groups excluding carboxylic acids is 3. The van der Waals surface area contributed by atoms with E-state index in [1.165, 1.54) is 27.7 Å². The minimum Gasteiger partial charge on any atom is -0.459 e. The predicted octanol–water partition coefficient (Wildman–Crippen LogP) is 1.88. The van der Waals surface area contributed by atoms with E-state index >= 15 is 0 Å². The molecule has 0 saturated heterocycles. The van der Waals surface area contributed by atoms with Gasteiger partial charge < -0.3 is 9.47 Å². The van der Waals surface area contributed by atoms with Crippen molar-refractivity contribution in [2.75, 3.05) is 13.2 Å². The van der Waals surface area contributed by atoms with E-state index in [0.717, 1.165) is 12.2 Å². The third kappa shape index (κ3) is 12.0. The van der Waals surface area contributed by atoms with Crippen molar-refractivity contribution in [3.63, 3.8) is 0 Å². The lowest BCUT2D eigenvalue weighted by atomic mass is 10.2. The highest BCUT2D eigenvalue weighted by atomic mass is 17.6.